The molecule has 88 valence electrons. The Hall–Kier alpha value is -1.29. The van der Waals surface area contributed by atoms with Gasteiger partial charge in [-0.3, -0.25) is 4.79 Å². The number of aromatic nitrogens is 1. The summed E-state index contributed by atoms with van der Waals surface area (Å²) in [5.41, 5.74) is 1.07. The van der Waals surface area contributed by atoms with E-state index in [9.17, 15) is 4.79 Å². The highest BCUT2D eigenvalue weighted by atomic mass is 16.1. The lowest BCUT2D eigenvalue weighted by Crippen LogP contribution is -2.23. The molecule has 1 aliphatic heterocycles. The van der Waals surface area contributed by atoms with E-state index in [2.05, 4.69) is 10.6 Å². The maximum absolute atomic E-state index is 11.2. The molecule has 1 aliphatic rings. The highest BCUT2D eigenvalue weighted by Crippen LogP contribution is 2.12. The molecule has 0 bridgehead atoms. The van der Waals surface area contributed by atoms with Gasteiger partial charge in [0.2, 0.25) is 5.56 Å². The van der Waals surface area contributed by atoms with Gasteiger partial charge < -0.3 is 15.2 Å². The lowest BCUT2D eigenvalue weighted by molar-refractivity contribution is 0.636. The second-order valence-electron chi connectivity index (χ2n) is 4.39. The zero-order chi connectivity index (χ0) is 11.4. The van der Waals surface area contributed by atoms with E-state index in [0.717, 1.165) is 25.2 Å². The fourth-order valence-electron chi connectivity index (χ4n) is 2.08. The second kappa shape index (κ2) is 5.16. The maximum Gasteiger partial charge on any atom is 0.250 e. The minimum atomic E-state index is 0.0353. The molecule has 4 heteroatoms. The highest BCUT2D eigenvalue weighted by Gasteiger charge is 2.11. The monoisotopic (exact) mass is 221 g/mol. The fourth-order valence-corrected chi connectivity index (χ4v) is 2.08. The molecule has 1 unspecified atom stereocenters. The van der Waals surface area contributed by atoms with Crippen molar-refractivity contribution >= 4 is 5.69 Å². The molecule has 0 amide bonds. The van der Waals surface area contributed by atoms with Gasteiger partial charge in [-0.1, -0.05) is 0 Å². The van der Waals surface area contributed by atoms with Crippen LogP contribution in [0, 0.1) is 0 Å². The van der Waals surface area contributed by atoms with Gasteiger partial charge in [0.15, 0.2) is 0 Å². The Kier molecular flexibility index (Phi) is 3.62. The van der Waals surface area contributed by atoms with Crippen LogP contribution in [0.25, 0.3) is 0 Å². The molecule has 0 saturated carbocycles. The number of pyridine rings is 1. The average molecular weight is 221 g/mol. The Morgan fingerprint density at radius 2 is 2.25 bits per heavy atom. The minimum absolute atomic E-state index is 0.0353. The van der Waals surface area contributed by atoms with Crippen molar-refractivity contribution < 1.29 is 0 Å². The van der Waals surface area contributed by atoms with Crippen LogP contribution in [0.1, 0.15) is 19.3 Å². The third-order valence-corrected chi connectivity index (χ3v) is 3.03. The van der Waals surface area contributed by atoms with Crippen molar-refractivity contribution in [1.82, 2.24) is 9.88 Å². The molecule has 1 aromatic rings. The van der Waals surface area contributed by atoms with E-state index in [4.69, 9.17) is 0 Å². The number of aryl methyl sites for hydroxylation is 1. The van der Waals surface area contributed by atoms with Crippen molar-refractivity contribution in [2.75, 3.05) is 18.4 Å². The molecule has 16 heavy (non-hydrogen) atoms. The predicted molar refractivity (Wildman–Crippen MR) is 65.8 cm³/mol. The van der Waals surface area contributed by atoms with Gasteiger partial charge in [-0.25, -0.2) is 0 Å². The normalized spacial score (nSPS) is 21.4. The van der Waals surface area contributed by atoms with E-state index in [-0.39, 0.29) is 5.56 Å². The number of anilines is 1. The Labute approximate surface area is 95.7 Å². The van der Waals surface area contributed by atoms with Gasteiger partial charge >= 0.3 is 0 Å². The summed E-state index contributed by atoms with van der Waals surface area (Å²) in [6.45, 7) is 2.19. The third kappa shape index (κ3) is 2.85. The molecule has 1 fully saturated rings. The van der Waals surface area contributed by atoms with E-state index >= 15 is 0 Å². The Bertz CT molecular complexity index is 391. The number of hydrogen-bond donors (Lipinski definition) is 2. The molecule has 2 heterocycles. The number of nitrogens with one attached hydrogen (secondary N) is 2. The van der Waals surface area contributed by atoms with Crippen LogP contribution in [-0.4, -0.2) is 23.7 Å². The third-order valence-electron chi connectivity index (χ3n) is 3.03. The number of hydrogen-bond acceptors (Lipinski definition) is 3. The SMILES string of the molecule is Cn1cc(NC2CCCNCC2)ccc1=O. The summed E-state index contributed by atoms with van der Waals surface area (Å²) in [5, 5.41) is 6.88. The summed E-state index contributed by atoms with van der Waals surface area (Å²) in [6.07, 6.45) is 5.41. The van der Waals surface area contributed by atoms with Crippen molar-refractivity contribution in [3.63, 3.8) is 0 Å². The van der Waals surface area contributed by atoms with Crippen molar-refractivity contribution in [2.45, 2.75) is 25.3 Å². The summed E-state index contributed by atoms with van der Waals surface area (Å²) in [7, 11) is 1.78. The van der Waals surface area contributed by atoms with Crippen LogP contribution < -0.4 is 16.2 Å². The summed E-state index contributed by atoms with van der Waals surface area (Å²) < 4.78 is 1.61. The van der Waals surface area contributed by atoms with Crippen LogP contribution in [0.5, 0.6) is 0 Å². The van der Waals surface area contributed by atoms with Crippen molar-refractivity contribution in [2.24, 2.45) is 7.05 Å². The molecule has 1 atom stereocenters. The maximum atomic E-state index is 11.2. The quantitative estimate of drug-likeness (QED) is 0.781. The highest BCUT2D eigenvalue weighted by molar-refractivity contribution is 5.41. The van der Waals surface area contributed by atoms with Gasteiger partial charge in [0, 0.05) is 25.4 Å². The van der Waals surface area contributed by atoms with Crippen LogP contribution in [0.3, 0.4) is 0 Å². The molecule has 0 aromatic carbocycles. The smallest absolute Gasteiger partial charge is 0.250 e. The average Bonchev–Trinajstić information content (AvgIpc) is 2.52. The Morgan fingerprint density at radius 3 is 3.06 bits per heavy atom. The molecule has 4 nitrogen and oxygen atoms in total. The second-order valence-corrected chi connectivity index (χ2v) is 4.39. The molecule has 2 N–H and O–H groups in total. The van der Waals surface area contributed by atoms with E-state index in [1.165, 1.54) is 12.8 Å². The Balaban J connectivity index is 2.02. The first-order valence-corrected chi connectivity index (χ1v) is 5.89. The summed E-state index contributed by atoms with van der Waals surface area (Å²) in [4.78, 5) is 11.2. The van der Waals surface area contributed by atoms with Gasteiger partial charge in [0.05, 0.1) is 5.69 Å². The van der Waals surface area contributed by atoms with Crippen LogP contribution in [0.4, 0.5) is 5.69 Å². The van der Waals surface area contributed by atoms with E-state index in [1.807, 2.05) is 12.3 Å². The van der Waals surface area contributed by atoms with Gasteiger partial charge in [-0.2, -0.15) is 0 Å². The van der Waals surface area contributed by atoms with E-state index in [1.54, 1.807) is 17.7 Å². The van der Waals surface area contributed by atoms with Crippen LogP contribution >= 0.6 is 0 Å². The standard InChI is InChI=1S/C12H19N3O/c1-15-9-11(4-5-12(15)16)14-10-3-2-7-13-8-6-10/h4-5,9-10,13-14H,2-3,6-8H2,1H3. The predicted octanol–water partition coefficient (Wildman–Crippen LogP) is 0.939. The summed E-state index contributed by atoms with van der Waals surface area (Å²) >= 11 is 0. The largest absolute Gasteiger partial charge is 0.381 e. The molecule has 1 saturated heterocycles. The molecular formula is C12H19N3O. The minimum Gasteiger partial charge on any atom is -0.381 e. The van der Waals surface area contributed by atoms with Gasteiger partial charge in [0.25, 0.3) is 0 Å². The van der Waals surface area contributed by atoms with Gasteiger partial charge in [0.1, 0.15) is 0 Å². The van der Waals surface area contributed by atoms with Crippen molar-refractivity contribution in [3.8, 4) is 0 Å². The molecule has 2 rings (SSSR count). The zero-order valence-corrected chi connectivity index (χ0v) is 9.70. The molecule has 1 aromatic heterocycles. The van der Waals surface area contributed by atoms with E-state index < -0.39 is 0 Å². The zero-order valence-electron chi connectivity index (χ0n) is 9.70. The van der Waals surface area contributed by atoms with Gasteiger partial charge in [-0.05, 0) is 38.4 Å². The summed E-state index contributed by atoms with van der Waals surface area (Å²) in [6, 6.07) is 3.99. The van der Waals surface area contributed by atoms with Crippen LogP contribution in [-0.2, 0) is 7.05 Å². The van der Waals surface area contributed by atoms with Crippen LogP contribution in [0.2, 0.25) is 0 Å². The molecular weight excluding hydrogens is 202 g/mol. The molecule has 0 aliphatic carbocycles. The lowest BCUT2D eigenvalue weighted by Gasteiger charge is -2.17. The first kappa shape index (κ1) is 11.2. The number of nitrogens with zero attached hydrogens (tertiary/aromatic N) is 1. The fraction of sp³-hybridized carbons (Fsp3) is 0.583. The first-order chi connectivity index (χ1) is 7.75. The van der Waals surface area contributed by atoms with Crippen molar-refractivity contribution in [1.29, 1.82) is 0 Å². The topological polar surface area (TPSA) is 46.1 Å². The number of rotatable bonds is 2. The summed E-state index contributed by atoms with van der Waals surface area (Å²) in [5.74, 6) is 0. The van der Waals surface area contributed by atoms with Gasteiger partial charge in [-0.15, -0.1) is 0 Å². The molecule has 0 radical (unpaired) electrons. The molecule has 0 spiro atoms. The first-order valence-electron chi connectivity index (χ1n) is 5.89. The Morgan fingerprint density at radius 1 is 1.38 bits per heavy atom. The lowest BCUT2D eigenvalue weighted by atomic mass is 10.1. The van der Waals surface area contributed by atoms with E-state index in [0.29, 0.717) is 6.04 Å². The van der Waals surface area contributed by atoms with Crippen LogP contribution in [0.15, 0.2) is 23.1 Å². The van der Waals surface area contributed by atoms with Crippen molar-refractivity contribution in [3.05, 3.63) is 28.7 Å².